The fourth-order valence-electron chi connectivity index (χ4n) is 4.31. The van der Waals surface area contributed by atoms with Crippen LogP contribution in [0.15, 0.2) is 30.3 Å². The zero-order valence-corrected chi connectivity index (χ0v) is 13.9. The van der Waals surface area contributed by atoms with Gasteiger partial charge in [0.15, 0.2) is 0 Å². The molecule has 0 radical (unpaired) electrons. The van der Waals surface area contributed by atoms with Crippen LogP contribution < -0.4 is 0 Å². The van der Waals surface area contributed by atoms with E-state index in [1.165, 1.54) is 5.56 Å². The Kier molecular flexibility index (Phi) is 3.90. The average Bonchev–Trinajstić information content (AvgIpc) is 3.33. The summed E-state index contributed by atoms with van der Waals surface area (Å²) in [6, 6.07) is 10.8. The van der Waals surface area contributed by atoms with Gasteiger partial charge < -0.3 is 9.64 Å². The van der Waals surface area contributed by atoms with Crippen molar-refractivity contribution in [3.05, 3.63) is 35.9 Å². The average molecular weight is 314 g/mol. The number of nitrogens with zero attached hydrogens (tertiary/aromatic N) is 2. The van der Waals surface area contributed by atoms with Crippen molar-refractivity contribution in [1.29, 1.82) is 0 Å². The van der Waals surface area contributed by atoms with Crippen LogP contribution in [0.3, 0.4) is 0 Å². The molecule has 1 aliphatic carbocycles. The Labute approximate surface area is 138 Å². The van der Waals surface area contributed by atoms with Crippen molar-refractivity contribution in [3.8, 4) is 0 Å². The highest BCUT2D eigenvalue weighted by Gasteiger charge is 2.54. The monoisotopic (exact) mass is 314 g/mol. The quantitative estimate of drug-likeness (QED) is 0.854. The van der Waals surface area contributed by atoms with Gasteiger partial charge in [-0.05, 0) is 24.3 Å². The van der Waals surface area contributed by atoms with E-state index in [-0.39, 0.29) is 5.41 Å². The molecule has 0 spiro atoms. The van der Waals surface area contributed by atoms with Gasteiger partial charge in [-0.25, -0.2) is 0 Å². The van der Waals surface area contributed by atoms with Crippen LogP contribution >= 0.6 is 0 Å². The minimum absolute atomic E-state index is 0.221. The summed E-state index contributed by atoms with van der Waals surface area (Å²) in [4.78, 5) is 17.8. The maximum absolute atomic E-state index is 13.2. The lowest BCUT2D eigenvalue weighted by Crippen LogP contribution is -2.47. The Hall–Kier alpha value is -1.39. The van der Waals surface area contributed by atoms with E-state index in [1.54, 1.807) is 0 Å². The highest BCUT2D eigenvalue weighted by atomic mass is 16.5. The molecule has 4 rings (SSSR count). The molecule has 0 N–H and O–H groups in total. The maximum atomic E-state index is 13.2. The van der Waals surface area contributed by atoms with Crippen LogP contribution in [0, 0.1) is 5.92 Å². The second-order valence-corrected chi connectivity index (χ2v) is 7.35. The Morgan fingerprint density at radius 3 is 2.48 bits per heavy atom. The molecule has 3 aliphatic rings. The van der Waals surface area contributed by atoms with E-state index in [0.717, 1.165) is 52.2 Å². The fourth-order valence-corrected chi connectivity index (χ4v) is 4.31. The molecule has 2 atom stereocenters. The Morgan fingerprint density at radius 2 is 1.83 bits per heavy atom. The summed E-state index contributed by atoms with van der Waals surface area (Å²) < 4.78 is 5.47. The van der Waals surface area contributed by atoms with Crippen molar-refractivity contribution < 1.29 is 9.53 Å². The number of carbonyl (C=O) groups is 1. The maximum Gasteiger partial charge on any atom is 0.233 e. The first kappa shape index (κ1) is 15.2. The van der Waals surface area contributed by atoms with Gasteiger partial charge in [-0.3, -0.25) is 9.69 Å². The van der Waals surface area contributed by atoms with Gasteiger partial charge in [0.25, 0.3) is 0 Å². The lowest BCUT2D eigenvalue weighted by atomic mass is 9.94. The minimum Gasteiger partial charge on any atom is -0.379 e. The van der Waals surface area contributed by atoms with Gasteiger partial charge in [0.05, 0.1) is 18.6 Å². The first-order valence-electron chi connectivity index (χ1n) is 8.87. The van der Waals surface area contributed by atoms with Crippen LogP contribution in [0.25, 0.3) is 0 Å². The van der Waals surface area contributed by atoms with Gasteiger partial charge in [-0.15, -0.1) is 0 Å². The molecule has 1 saturated carbocycles. The molecule has 0 unspecified atom stereocenters. The van der Waals surface area contributed by atoms with Crippen LogP contribution in [0.2, 0.25) is 0 Å². The molecule has 1 aromatic carbocycles. The highest BCUT2D eigenvalue weighted by molar-refractivity contribution is 5.91. The minimum atomic E-state index is -0.221. The first-order valence-corrected chi connectivity index (χ1v) is 8.87. The SMILES string of the molecule is C[C@H]1CN(C(=O)C2(c3ccccc3)CC2)C[C@@H]1N1CCOCC1. The Balaban J connectivity index is 1.48. The molecule has 4 nitrogen and oxygen atoms in total. The summed E-state index contributed by atoms with van der Waals surface area (Å²) in [6.45, 7) is 7.72. The van der Waals surface area contributed by atoms with Crippen LogP contribution in [0.1, 0.15) is 25.3 Å². The lowest BCUT2D eigenvalue weighted by Gasteiger charge is -2.34. The van der Waals surface area contributed by atoms with Crippen LogP contribution in [-0.2, 0) is 14.9 Å². The number of morpholine rings is 1. The van der Waals surface area contributed by atoms with E-state index in [4.69, 9.17) is 4.74 Å². The molecule has 1 amide bonds. The van der Waals surface area contributed by atoms with E-state index in [2.05, 4.69) is 28.9 Å². The molecule has 2 heterocycles. The van der Waals surface area contributed by atoms with Gasteiger partial charge >= 0.3 is 0 Å². The molecule has 2 saturated heterocycles. The number of hydrogen-bond acceptors (Lipinski definition) is 3. The topological polar surface area (TPSA) is 32.8 Å². The van der Waals surface area contributed by atoms with Crippen molar-refractivity contribution in [2.45, 2.75) is 31.2 Å². The molecule has 4 heteroatoms. The second kappa shape index (κ2) is 5.91. The summed E-state index contributed by atoms with van der Waals surface area (Å²) in [7, 11) is 0. The van der Waals surface area contributed by atoms with Gasteiger partial charge in [0.1, 0.15) is 0 Å². The van der Waals surface area contributed by atoms with E-state index in [1.807, 2.05) is 18.2 Å². The van der Waals surface area contributed by atoms with Gasteiger partial charge in [0, 0.05) is 32.2 Å². The predicted molar refractivity (Wildman–Crippen MR) is 89.3 cm³/mol. The molecule has 3 fully saturated rings. The van der Waals surface area contributed by atoms with Gasteiger partial charge in [-0.1, -0.05) is 37.3 Å². The first-order chi connectivity index (χ1) is 11.2. The van der Waals surface area contributed by atoms with Crippen molar-refractivity contribution in [1.82, 2.24) is 9.80 Å². The number of amides is 1. The van der Waals surface area contributed by atoms with E-state index in [9.17, 15) is 4.79 Å². The third kappa shape index (κ3) is 2.68. The Morgan fingerprint density at radius 1 is 1.13 bits per heavy atom. The third-order valence-corrected chi connectivity index (χ3v) is 5.86. The van der Waals surface area contributed by atoms with Crippen LogP contribution in [0.4, 0.5) is 0 Å². The molecule has 0 aromatic heterocycles. The molecule has 1 aromatic rings. The second-order valence-electron chi connectivity index (χ2n) is 7.35. The van der Waals surface area contributed by atoms with E-state index in [0.29, 0.717) is 17.9 Å². The largest absolute Gasteiger partial charge is 0.379 e. The molecule has 0 bridgehead atoms. The van der Waals surface area contributed by atoms with Gasteiger partial charge in [-0.2, -0.15) is 0 Å². The summed E-state index contributed by atoms with van der Waals surface area (Å²) >= 11 is 0. The molecule has 2 aliphatic heterocycles. The van der Waals surface area contributed by atoms with Crippen molar-refractivity contribution >= 4 is 5.91 Å². The number of hydrogen-bond donors (Lipinski definition) is 0. The number of likely N-dealkylation sites (tertiary alicyclic amines) is 1. The summed E-state index contributed by atoms with van der Waals surface area (Å²) in [5, 5.41) is 0. The van der Waals surface area contributed by atoms with E-state index >= 15 is 0 Å². The molecule has 124 valence electrons. The third-order valence-electron chi connectivity index (χ3n) is 5.86. The highest BCUT2D eigenvalue weighted by Crippen LogP contribution is 2.50. The number of benzene rings is 1. The summed E-state index contributed by atoms with van der Waals surface area (Å²) in [5.41, 5.74) is 0.980. The molecular weight excluding hydrogens is 288 g/mol. The fraction of sp³-hybridized carbons (Fsp3) is 0.632. The van der Waals surface area contributed by atoms with Crippen LogP contribution in [0.5, 0.6) is 0 Å². The zero-order chi connectivity index (χ0) is 15.9. The van der Waals surface area contributed by atoms with Crippen molar-refractivity contribution in [2.75, 3.05) is 39.4 Å². The number of carbonyl (C=O) groups excluding carboxylic acids is 1. The predicted octanol–water partition coefficient (Wildman–Crippen LogP) is 1.90. The van der Waals surface area contributed by atoms with Crippen molar-refractivity contribution in [3.63, 3.8) is 0 Å². The standard InChI is InChI=1S/C19H26N2O2/c1-15-13-21(14-17(15)20-9-11-23-12-10-20)18(22)19(7-8-19)16-5-3-2-4-6-16/h2-6,15,17H,7-14H2,1H3/t15-,17-/m0/s1. The molecule has 23 heavy (non-hydrogen) atoms. The van der Waals surface area contributed by atoms with E-state index < -0.39 is 0 Å². The van der Waals surface area contributed by atoms with Crippen LogP contribution in [-0.4, -0.2) is 61.1 Å². The number of rotatable bonds is 3. The summed E-state index contributed by atoms with van der Waals surface area (Å²) in [5.74, 6) is 0.898. The van der Waals surface area contributed by atoms with Crippen molar-refractivity contribution in [2.24, 2.45) is 5.92 Å². The Bertz CT molecular complexity index is 564. The molecular formula is C19H26N2O2. The normalized spacial score (nSPS) is 30.4. The van der Waals surface area contributed by atoms with Gasteiger partial charge in [0.2, 0.25) is 5.91 Å². The lowest BCUT2D eigenvalue weighted by molar-refractivity contribution is -0.133. The summed E-state index contributed by atoms with van der Waals surface area (Å²) in [6.07, 6.45) is 2.01. The zero-order valence-electron chi connectivity index (χ0n) is 13.9. The smallest absolute Gasteiger partial charge is 0.233 e. The number of ether oxygens (including phenoxy) is 1.